The number of hydrogen-bond acceptors (Lipinski definition) is 4. The Morgan fingerprint density at radius 2 is 2.18 bits per heavy atom. The van der Waals surface area contributed by atoms with Crippen LogP contribution < -0.4 is 4.72 Å². The number of nitro benzene ring substituents is 1. The molecule has 6 nitrogen and oxygen atoms in total. The Kier molecular flexibility index (Phi) is 4.07. The van der Waals surface area contributed by atoms with Crippen LogP contribution in [0.2, 0.25) is 5.02 Å². The summed E-state index contributed by atoms with van der Waals surface area (Å²) >= 11 is 5.56. The molecule has 0 aromatic heterocycles. The third-order valence-corrected chi connectivity index (χ3v) is 3.51. The summed E-state index contributed by atoms with van der Waals surface area (Å²) in [6.45, 7) is -0.196. The monoisotopic (exact) mass is 274 g/mol. The molecule has 0 aliphatic heterocycles. The van der Waals surface area contributed by atoms with Gasteiger partial charge >= 0.3 is 0 Å². The van der Waals surface area contributed by atoms with Gasteiger partial charge in [0.05, 0.1) is 16.4 Å². The Bertz CT molecular complexity index is 592. The lowest BCUT2D eigenvalue weighted by Crippen LogP contribution is -2.23. The van der Waals surface area contributed by atoms with E-state index in [1.54, 1.807) is 0 Å². The summed E-state index contributed by atoms with van der Waals surface area (Å²) in [7, 11) is -3.85. The summed E-state index contributed by atoms with van der Waals surface area (Å²) in [6.07, 6.45) is 4.91. The highest BCUT2D eigenvalue weighted by molar-refractivity contribution is 7.89. The van der Waals surface area contributed by atoms with Crippen LogP contribution in [0.15, 0.2) is 23.1 Å². The van der Waals surface area contributed by atoms with Gasteiger partial charge in [0.25, 0.3) is 5.69 Å². The molecule has 0 radical (unpaired) electrons. The van der Waals surface area contributed by atoms with Gasteiger partial charge in [-0.15, -0.1) is 6.42 Å². The van der Waals surface area contributed by atoms with Crippen molar-refractivity contribution in [3.8, 4) is 12.3 Å². The normalized spacial score (nSPS) is 10.8. The van der Waals surface area contributed by atoms with Crippen molar-refractivity contribution in [1.29, 1.82) is 0 Å². The van der Waals surface area contributed by atoms with Crippen LogP contribution in [-0.2, 0) is 10.0 Å². The lowest BCUT2D eigenvalue weighted by atomic mass is 10.3. The molecule has 1 N–H and O–H groups in total. The highest BCUT2D eigenvalue weighted by Gasteiger charge is 2.19. The average Bonchev–Trinajstić information content (AvgIpc) is 2.26. The molecule has 0 aliphatic rings. The molecule has 0 aliphatic carbocycles. The van der Waals surface area contributed by atoms with Gasteiger partial charge in [-0.1, -0.05) is 17.5 Å². The minimum atomic E-state index is -3.85. The maximum absolute atomic E-state index is 11.6. The van der Waals surface area contributed by atoms with Crippen LogP contribution in [0.5, 0.6) is 0 Å². The number of sulfonamides is 1. The molecule has 0 heterocycles. The molecule has 17 heavy (non-hydrogen) atoms. The van der Waals surface area contributed by atoms with Gasteiger partial charge in [0.1, 0.15) is 5.02 Å². The molecule has 1 rings (SSSR count). The van der Waals surface area contributed by atoms with Crippen molar-refractivity contribution in [3.05, 3.63) is 33.3 Å². The molecule has 1 aromatic carbocycles. The Hall–Kier alpha value is -1.62. The molecule has 0 unspecified atom stereocenters. The van der Waals surface area contributed by atoms with Crippen molar-refractivity contribution >= 4 is 27.3 Å². The zero-order valence-electron chi connectivity index (χ0n) is 8.38. The molecule has 0 fully saturated rings. The molecule has 0 atom stereocenters. The van der Waals surface area contributed by atoms with Crippen molar-refractivity contribution in [2.75, 3.05) is 6.54 Å². The summed E-state index contributed by atoms with van der Waals surface area (Å²) in [6, 6.07) is 3.18. The number of rotatable bonds is 4. The van der Waals surface area contributed by atoms with Gasteiger partial charge in [-0.05, 0) is 12.1 Å². The summed E-state index contributed by atoms with van der Waals surface area (Å²) in [5.41, 5.74) is -0.477. The number of nitrogens with zero attached hydrogens (tertiary/aromatic N) is 1. The lowest BCUT2D eigenvalue weighted by Gasteiger charge is -2.04. The molecule has 0 spiro atoms. The number of nitrogens with one attached hydrogen (secondary N) is 1. The molecule has 8 heteroatoms. The van der Waals surface area contributed by atoms with E-state index in [2.05, 4.69) is 10.6 Å². The SMILES string of the molecule is C#CCNS(=O)(=O)c1ccc(Cl)c([N+](=O)[O-])c1. The van der Waals surface area contributed by atoms with Gasteiger partial charge in [0, 0.05) is 6.07 Å². The van der Waals surface area contributed by atoms with Gasteiger partial charge in [-0.3, -0.25) is 10.1 Å². The Morgan fingerprint density at radius 3 is 2.71 bits per heavy atom. The quantitative estimate of drug-likeness (QED) is 0.507. The van der Waals surface area contributed by atoms with E-state index in [4.69, 9.17) is 18.0 Å². The van der Waals surface area contributed by atoms with Crippen LogP contribution in [-0.4, -0.2) is 19.9 Å². The highest BCUT2D eigenvalue weighted by atomic mass is 35.5. The Balaban J connectivity index is 3.21. The van der Waals surface area contributed by atoms with E-state index in [0.29, 0.717) is 0 Å². The van der Waals surface area contributed by atoms with E-state index in [-0.39, 0.29) is 16.5 Å². The minimum absolute atomic E-state index is 0.133. The van der Waals surface area contributed by atoms with Crippen LogP contribution >= 0.6 is 11.6 Å². The number of nitro groups is 1. The second kappa shape index (κ2) is 5.14. The maximum atomic E-state index is 11.6. The van der Waals surface area contributed by atoms with Gasteiger partial charge in [0.15, 0.2) is 0 Å². The predicted molar refractivity (Wildman–Crippen MR) is 62.1 cm³/mol. The van der Waals surface area contributed by atoms with Crippen molar-refractivity contribution in [3.63, 3.8) is 0 Å². The molecule has 0 saturated heterocycles. The third-order valence-electron chi connectivity index (χ3n) is 1.79. The number of halogens is 1. The zero-order chi connectivity index (χ0) is 13.1. The summed E-state index contributed by atoms with van der Waals surface area (Å²) in [5, 5.41) is 10.5. The van der Waals surface area contributed by atoms with Crippen LogP contribution in [0.1, 0.15) is 0 Å². The Morgan fingerprint density at radius 1 is 1.53 bits per heavy atom. The molecular formula is C9H7ClN2O4S. The molecule has 0 amide bonds. The van der Waals surface area contributed by atoms with Crippen LogP contribution in [0, 0.1) is 22.5 Å². The number of benzene rings is 1. The smallest absolute Gasteiger partial charge is 0.258 e. The lowest BCUT2D eigenvalue weighted by molar-refractivity contribution is -0.384. The minimum Gasteiger partial charge on any atom is -0.258 e. The van der Waals surface area contributed by atoms with Crippen LogP contribution in [0.3, 0.4) is 0 Å². The topological polar surface area (TPSA) is 89.3 Å². The molecule has 0 saturated carbocycles. The van der Waals surface area contributed by atoms with Crippen molar-refractivity contribution < 1.29 is 13.3 Å². The van der Waals surface area contributed by atoms with Gasteiger partial charge in [-0.2, -0.15) is 4.72 Å². The van der Waals surface area contributed by atoms with Crippen molar-refractivity contribution in [2.45, 2.75) is 4.90 Å². The largest absolute Gasteiger partial charge is 0.289 e. The van der Waals surface area contributed by atoms with Gasteiger partial charge in [0.2, 0.25) is 10.0 Å². The van der Waals surface area contributed by atoms with E-state index in [9.17, 15) is 18.5 Å². The Labute approximate surface area is 103 Å². The number of terminal acetylenes is 1. The summed E-state index contributed by atoms with van der Waals surface area (Å²) in [5.74, 6) is 2.09. The first-order chi connectivity index (χ1) is 7.88. The predicted octanol–water partition coefficient (Wildman–Crippen LogP) is 1.16. The second-order valence-corrected chi connectivity index (χ2v) is 5.07. The van der Waals surface area contributed by atoms with E-state index >= 15 is 0 Å². The number of hydrogen-bond donors (Lipinski definition) is 1. The second-order valence-electron chi connectivity index (χ2n) is 2.90. The fourth-order valence-electron chi connectivity index (χ4n) is 1.02. The zero-order valence-corrected chi connectivity index (χ0v) is 9.96. The molecule has 90 valence electrons. The van der Waals surface area contributed by atoms with Gasteiger partial charge < -0.3 is 0 Å². The van der Waals surface area contributed by atoms with Crippen LogP contribution in [0.25, 0.3) is 0 Å². The fourth-order valence-corrected chi connectivity index (χ4v) is 2.16. The van der Waals surface area contributed by atoms with Crippen molar-refractivity contribution in [2.24, 2.45) is 0 Å². The molecule has 0 bridgehead atoms. The fraction of sp³-hybridized carbons (Fsp3) is 0.111. The highest BCUT2D eigenvalue weighted by Crippen LogP contribution is 2.26. The van der Waals surface area contributed by atoms with E-state index < -0.39 is 20.6 Å². The standard InChI is InChI=1S/C9H7ClN2O4S/c1-2-5-11-17(15,16)7-3-4-8(10)9(6-7)12(13)14/h1,3-4,6,11H,5H2. The maximum Gasteiger partial charge on any atom is 0.289 e. The van der Waals surface area contributed by atoms with Crippen molar-refractivity contribution in [1.82, 2.24) is 4.72 Å². The third kappa shape index (κ3) is 3.17. The molecule has 1 aromatic rings. The first-order valence-corrected chi connectivity index (χ1v) is 6.11. The van der Waals surface area contributed by atoms with Gasteiger partial charge in [-0.25, -0.2) is 8.42 Å². The van der Waals surface area contributed by atoms with E-state index in [1.165, 1.54) is 0 Å². The van der Waals surface area contributed by atoms with E-state index in [1.807, 2.05) is 0 Å². The first kappa shape index (κ1) is 13.4. The van der Waals surface area contributed by atoms with Crippen LogP contribution in [0.4, 0.5) is 5.69 Å². The first-order valence-electron chi connectivity index (χ1n) is 4.25. The summed E-state index contributed by atoms with van der Waals surface area (Å²) in [4.78, 5) is 9.57. The molecular weight excluding hydrogens is 268 g/mol. The van der Waals surface area contributed by atoms with E-state index in [0.717, 1.165) is 18.2 Å². The summed E-state index contributed by atoms with van der Waals surface area (Å²) < 4.78 is 25.3. The average molecular weight is 275 g/mol.